The van der Waals surface area contributed by atoms with E-state index in [0.29, 0.717) is 17.2 Å². The SMILES string of the molecule is C/C(=N/Nc1ccc(C(F)(F)F)cn1)c1ccc2c(c1)OCO2. The number of hydrazone groups is 1. The van der Waals surface area contributed by atoms with Gasteiger partial charge in [-0.1, -0.05) is 0 Å². The van der Waals surface area contributed by atoms with Gasteiger partial charge in [0, 0.05) is 11.8 Å². The molecule has 0 spiro atoms. The molecule has 0 atom stereocenters. The predicted octanol–water partition coefficient (Wildman–Crippen LogP) is 3.67. The number of nitrogens with one attached hydrogen (secondary N) is 1. The largest absolute Gasteiger partial charge is 0.454 e. The van der Waals surface area contributed by atoms with Crippen molar-refractivity contribution in [2.75, 3.05) is 12.2 Å². The van der Waals surface area contributed by atoms with Crippen LogP contribution in [0.25, 0.3) is 0 Å². The molecule has 3 rings (SSSR count). The summed E-state index contributed by atoms with van der Waals surface area (Å²) in [6.45, 7) is 1.94. The molecule has 5 nitrogen and oxygen atoms in total. The molecule has 8 heteroatoms. The molecule has 0 saturated heterocycles. The molecule has 1 aromatic heterocycles. The molecule has 0 radical (unpaired) electrons. The average Bonchev–Trinajstić information content (AvgIpc) is 2.99. The van der Waals surface area contributed by atoms with Crippen LogP contribution in [0.4, 0.5) is 19.0 Å². The Morgan fingerprint density at radius 1 is 1.17 bits per heavy atom. The van der Waals surface area contributed by atoms with Gasteiger partial charge in [-0.25, -0.2) is 4.98 Å². The van der Waals surface area contributed by atoms with E-state index < -0.39 is 11.7 Å². The zero-order chi connectivity index (χ0) is 16.4. The smallest absolute Gasteiger partial charge is 0.417 e. The van der Waals surface area contributed by atoms with Crippen LogP contribution < -0.4 is 14.9 Å². The van der Waals surface area contributed by atoms with Crippen LogP contribution >= 0.6 is 0 Å². The number of benzene rings is 1. The molecule has 0 aliphatic carbocycles. The first-order valence-corrected chi connectivity index (χ1v) is 6.67. The highest BCUT2D eigenvalue weighted by atomic mass is 19.4. The van der Waals surface area contributed by atoms with Crippen LogP contribution in [0, 0.1) is 0 Å². The minimum atomic E-state index is -4.41. The minimum Gasteiger partial charge on any atom is -0.454 e. The Balaban J connectivity index is 1.72. The second-order valence-electron chi connectivity index (χ2n) is 4.81. The number of halogens is 3. The lowest BCUT2D eigenvalue weighted by atomic mass is 10.1. The highest BCUT2D eigenvalue weighted by molar-refractivity contribution is 5.99. The molecule has 2 heterocycles. The second kappa shape index (κ2) is 5.79. The van der Waals surface area contributed by atoms with E-state index in [1.54, 1.807) is 19.1 Å². The van der Waals surface area contributed by atoms with Gasteiger partial charge in [0.15, 0.2) is 11.5 Å². The molecule has 0 amide bonds. The van der Waals surface area contributed by atoms with E-state index in [1.807, 2.05) is 6.07 Å². The highest BCUT2D eigenvalue weighted by Gasteiger charge is 2.30. The van der Waals surface area contributed by atoms with E-state index in [9.17, 15) is 13.2 Å². The summed E-state index contributed by atoms with van der Waals surface area (Å²) in [6, 6.07) is 7.53. The van der Waals surface area contributed by atoms with Crippen LogP contribution in [0.2, 0.25) is 0 Å². The van der Waals surface area contributed by atoms with Gasteiger partial charge in [-0.05, 0) is 37.3 Å². The van der Waals surface area contributed by atoms with Gasteiger partial charge in [0.25, 0.3) is 0 Å². The Morgan fingerprint density at radius 2 is 1.96 bits per heavy atom. The number of alkyl halides is 3. The fourth-order valence-corrected chi connectivity index (χ4v) is 1.95. The number of aromatic nitrogens is 1. The van der Waals surface area contributed by atoms with Crippen molar-refractivity contribution in [1.82, 2.24) is 4.98 Å². The fraction of sp³-hybridized carbons (Fsp3) is 0.200. The Hall–Kier alpha value is -2.77. The zero-order valence-corrected chi connectivity index (χ0v) is 12.0. The van der Waals surface area contributed by atoms with Gasteiger partial charge in [-0.15, -0.1) is 0 Å². The van der Waals surface area contributed by atoms with Crippen molar-refractivity contribution in [2.45, 2.75) is 13.1 Å². The summed E-state index contributed by atoms with van der Waals surface area (Å²) < 4.78 is 47.9. The van der Waals surface area contributed by atoms with Crippen LogP contribution in [0.15, 0.2) is 41.6 Å². The van der Waals surface area contributed by atoms with Gasteiger partial charge < -0.3 is 9.47 Å². The molecular formula is C15H12F3N3O2. The quantitative estimate of drug-likeness (QED) is 0.692. The van der Waals surface area contributed by atoms with Crippen molar-refractivity contribution in [3.63, 3.8) is 0 Å². The summed E-state index contributed by atoms with van der Waals surface area (Å²) in [4.78, 5) is 3.69. The van der Waals surface area contributed by atoms with Crippen molar-refractivity contribution in [1.29, 1.82) is 0 Å². The topological polar surface area (TPSA) is 55.7 Å². The van der Waals surface area contributed by atoms with Crippen LogP contribution in [0.1, 0.15) is 18.1 Å². The Bertz CT molecular complexity index is 743. The summed E-state index contributed by atoms with van der Waals surface area (Å²) in [7, 11) is 0. The molecular weight excluding hydrogens is 311 g/mol. The van der Waals surface area contributed by atoms with E-state index in [0.717, 1.165) is 17.8 Å². The van der Waals surface area contributed by atoms with Crippen molar-refractivity contribution >= 4 is 11.5 Å². The van der Waals surface area contributed by atoms with E-state index in [1.165, 1.54) is 6.07 Å². The maximum atomic E-state index is 12.5. The van der Waals surface area contributed by atoms with Crippen molar-refractivity contribution in [2.24, 2.45) is 5.10 Å². The summed E-state index contributed by atoms with van der Waals surface area (Å²) in [5.41, 5.74) is 3.25. The number of hydrogen-bond acceptors (Lipinski definition) is 5. The Labute approximate surface area is 129 Å². The number of anilines is 1. The third kappa shape index (κ3) is 3.36. The molecule has 1 aliphatic rings. The lowest BCUT2D eigenvalue weighted by Gasteiger charge is -2.07. The number of fused-ring (bicyclic) bond motifs is 1. The Kier molecular flexibility index (Phi) is 3.81. The van der Waals surface area contributed by atoms with E-state index in [2.05, 4.69) is 15.5 Å². The van der Waals surface area contributed by atoms with E-state index >= 15 is 0 Å². The third-order valence-electron chi connectivity index (χ3n) is 3.22. The molecule has 0 saturated carbocycles. The number of ether oxygens (including phenoxy) is 2. The zero-order valence-electron chi connectivity index (χ0n) is 12.0. The van der Waals surface area contributed by atoms with Crippen LogP contribution in [0.3, 0.4) is 0 Å². The molecule has 0 unspecified atom stereocenters. The third-order valence-corrected chi connectivity index (χ3v) is 3.22. The number of pyridine rings is 1. The highest BCUT2D eigenvalue weighted by Crippen LogP contribution is 2.32. The monoisotopic (exact) mass is 323 g/mol. The van der Waals surface area contributed by atoms with Crippen LogP contribution in [0.5, 0.6) is 11.5 Å². The number of hydrogen-bond donors (Lipinski definition) is 1. The molecule has 0 bridgehead atoms. The second-order valence-corrected chi connectivity index (χ2v) is 4.81. The van der Waals surface area contributed by atoms with Crippen molar-refractivity contribution < 1.29 is 22.6 Å². The molecule has 23 heavy (non-hydrogen) atoms. The lowest BCUT2D eigenvalue weighted by Crippen LogP contribution is -2.06. The standard InChI is InChI=1S/C15H12F3N3O2/c1-9(10-2-4-12-13(6-10)23-8-22-12)20-21-14-5-3-11(7-19-14)15(16,17)18/h2-7H,8H2,1H3,(H,19,21)/b20-9-. The fourth-order valence-electron chi connectivity index (χ4n) is 1.95. The van der Waals surface area contributed by atoms with Gasteiger partial charge in [-0.2, -0.15) is 18.3 Å². The van der Waals surface area contributed by atoms with Crippen LogP contribution in [-0.2, 0) is 6.18 Å². The molecule has 1 aliphatic heterocycles. The summed E-state index contributed by atoms with van der Waals surface area (Å²) in [5, 5.41) is 4.11. The maximum absolute atomic E-state index is 12.5. The molecule has 0 fully saturated rings. The van der Waals surface area contributed by atoms with Gasteiger partial charge in [0.05, 0.1) is 11.3 Å². The summed E-state index contributed by atoms with van der Waals surface area (Å²) in [5.74, 6) is 1.52. The van der Waals surface area contributed by atoms with Crippen molar-refractivity contribution in [3.05, 3.63) is 47.7 Å². The molecule has 1 aromatic carbocycles. The van der Waals surface area contributed by atoms with Crippen molar-refractivity contribution in [3.8, 4) is 11.5 Å². The molecule has 2 aromatic rings. The first-order chi connectivity index (χ1) is 10.9. The van der Waals surface area contributed by atoms with E-state index in [-0.39, 0.29) is 12.6 Å². The number of rotatable bonds is 3. The van der Waals surface area contributed by atoms with Gasteiger partial charge in [-0.3, -0.25) is 5.43 Å². The normalized spacial score (nSPS) is 14.0. The predicted molar refractivity (Wildman–Crippen MR) is 77.6 cm³/mol. The summed E-state index contributed by atoms with van der Waals surface area (Å²) in [6.07, 6.45) is -3.65. The first kappa shape index (κ1) is 15.1. The maximum Gasteiger partial charge on any atom is 0.417 e. The lowest BCUT2D eigenvalue weighted by molar-refractivity contribution is -0.137. The number of nitrogens with zero attached hydrogens (tertiary/aromatic N) is 2. The van der Waals surface area contributed by atoms with Gasteiger partial charge >= 0.3 is 6.18 Å². The average molecular weight is 323 g/mol. The molecule has 1 N–H and O–H groups in total. The van der Waals surface area contributed by atoms with Gasteiger partial charge in [0.1, 0.15) is 5.82 Å². The van der Waals surface area contributed by atoms with Gasteiger partial charge in [0.2, 0.25) is 6.79 Å². The minimum absolute atomic E-state index is 0.183. The Morgan fingerprint density at radius 3 is 2.65 bits per heavy atom. The van der Waals surface area contributed by atoms with E-state index in [4.69, 9.17) is 9.47 Å². The summed E-state index contributed by atoms with van der Waals surface area (Å²) >= 11 is 0. The first-order valence-electron chi connectivity index (χ1n) is 6.67. The van der Waals surface area contributed by atoms with Crippen LogP contribution in [-0.4, -0.2) is 17.5 Å². The molecule has 120 valence electrons.